The van der Waals surface area contributed by atoms with Crippen molar-refractivity contribution in [1.29, 1.82) is 5.26 Å². The molecule has 2 aromatic carbocycles. The zero-order valence-electron chi connectivity index (χ0n) is 23.6. The first-order chi connectivity index (χ1) is 20.1. The Labute approximate surface area is 240 Å². The Morgan fingerprint density at radius 1 is 1.21 bits per heavy atom. The maximum absolute atomic E-state index is 13.6. The highest BCUT2D eigenvalue weighted by molar-refractivity contribution is 5.93. The molecule has 9 nitrogen and oxygen atoms in total. The number of H-pyrrole nitrogens is 1. The molecule has 3 aromatic rings. The topological polar surface area (TPSA) is 108 Å². The number of anilines is 2. The molecule has 0 bridgehead atoms. The van der Waals surface area contributed by atoms with Crippen molar-refractivity contribution in [3.05, 3.63) is 86.5 Å². The smallest absolute Gasteiger partial charge is 0.416 e. The third-order valence-electron chi connectivity index (χ3n) is 8.38. The van der Waals surface area contributed by atoms with Gasteiger partial charge < -0.3 is 9.64 Å². The van der Waals surface area contributed by atoms with Gasteiger partial charge in [0, 0.05) is 16.9 Å². The summed E-state index contributed by atoms with van der Waals surface area (Å²) in [6.45, 7) is 6.27. The molecule has 12 heteroatoms. The van der Waals surface area contributed by atoms with Crippen molar-refractivity contribution in [2.24, 2.45) is 5.92 Å². The highest BCUT2D eigenvalue weighted by Crippen LogP contribution is 2.43. The molecule has 2 aliphatic rings. The standard InChI is InChI=1S/C30H31F3N6O3/c1-4-19-10-12-37(13-11-19)17-21-14-20(16-34)8-9-24(21)26-25(27(40)42-3)18(2)38(28-35-36-29(41)39(26)28)23-7-5-6-22(15-23)30(31,32)33/h5-9,14-15,19,26H,4,10-13,17H2,1-3H3,(H,36,41)/p+1/t26-/m1/s1. The summed E-state index contributed by atoms with van der Waals surface area (Å²) in [6.07, 6.45) is -1.29. The number of aromatic amines is 1. The van der Waals surface area contributed by atoms with Gasteiger partial charge in [-0.25, -0.2) is 19.3 Å². The van der Waals surface area contributed by atoms with Crippen LogP contribution in [-0.4, -0.2) is 40.9 Å². The number of benzene rings is 2. The Morgan fingerprint density at radius 2 is 1.95 bits per heavy atom. The summed E-state index contributed by atoms with van der Waals surface area (Å²) in [4.78, 5) is 29.4. The second kappa shape index (κ2) is 11.5. The highest BCUT2D eigenvalue weighted by atomic mass is 19.4. The lowest BCUT2D eigenvalue weighted by atomic mass is 9.89. The van der Waals surface area contributed by atoms with Gasteiger partial charge in [-0.3, -0.25) is 4.90 Å². The van der Waals surface area contributed by atoms with Crippen molar-refractivity contribution in [3.63, 3.8) is 0 Å². The van der Waals surface area contributed by atoms with E-state index >= 15 is 0 Å². The number of nitriles is 1. The fourth-order valence-corrected chi connectivity index (χ4v) is 6.11. The number of ether oxygens (including phenoxy) is 1. The minimum atomic E-state index is -4.60. The van der Waals surface area contributed by atoms with E-state index in [0.29, 0.717) is 23.6 Å². The maximum atomic E-state index is 13.6. The number of halogens is 3. The van der Waals surface area contributed by atoms with Crippen LogP contribution < -0.4 is 15.5 Å². The number of nitrogens with one attached hydrogen (secondary N) is 2. The fraction of sp³-hybridized carbons (Fsp3) is 0.400. The summed E-state index contributed by atoms with van der Waals surface area (Å²) >= 11 is 0. The molecular formula is C30H32F3N6O3+. The molecule has 5 rings (SSSR count). The first-order valence-corrected chi connectivity index (χ1v) is 13.9. The van der Waals surface area contributed by atoms with Gasteiger partial charge in [-0.05, 0) is 61.6 Å². The fourth-order valence-electron chi connectivity index (χ4n) is 6.11. The lowest BCUT2D eigenvalue weighted by Crippen LogP contribution is -3.11. The van der Waals surface area contributed by atoms with E-state index in [1.807, 2.05) is 0 Å². The van der Waals surface area contributed by atoms with Crippen molar-refractivity contribution in [3.8, 4) is 6.07 Å². The van der Waals surface area contributed by atoms with Gasteiger partial charge in [0.05, 0.1) is 43.0 Å². The molecule has 1 fully saturated rings. The number of hydrogen-bond acceptors (Lipinski definition) is 6. The van der Waals surface area contributed by atoms with E-state index in [1.54, 1.807) is 25.1 Å². The van der Waals surface area contributed by atoms with E-state index in [1.165, 1.54) is 33.6 Å². The predicted octanol–water partition coefficient (Wildman–Crippen LogP) is 3.85. The quantitative estimate of drug-likeness (QED) is 0.428. The van der Waals surface area contributed by atoms with Gasteiger partial charge >= 0.3 is 17.8 Å². The van der Waals surface area contributed by atoms with Gasteiger partial charge in [0.1, 0.15) is 12.6 Å². The molecule has 220 valence electrons. The van der Waals surface area contributed by atoms with Crippen LogP contribution >= 0.6 is 0 Å². The van der Waals surface area contributed by atoms with Crippen LogP contribution in [0.3, 0.4) is 0 Å². The summed E-state index contributed by atoms with van der Waals surface area (Å²) in [5.41, 5.74) is 0.747. The molecule has 3 heterocycles. The number of nitrogens with zero attached hydrogens (tertiary/aromatic N) is 4. The predicted molar refractivity (Wildman–Crippen MR) is 148 cm³/mol. The number of methoxy groups -OCH3 is 1. The Kier molecular flexibility index (Phi) is 7.97. The summed E-state index contributed by atoms with van der Waals surface area (Å²) in [6, 6.07) is 10.9. The monoisotopic (exact) mass is 581 g/mol. The van der Waals surface area contributed by atoms with E-state index < -0.39 is 29.4 Å². The molecule has 1 aromatic heterocycles. The number of esters is 1. The highest BCUT2D eigenvalue weighted by Gasteiger charge is 2.41. The van der Waals surface area contributed by atoms with Crippen molar-refractivity contribution < 1.29 is 27.6 Å². The molecule has 2 aliphatic heterocycles. The summed E-state index contributed by atoms with van der Waals surface area (Å²) in [5.74, 6) is -0.0250. The Bertz CT molecular complexity index is 1630. The van der Waals surface area contributed by atoms with Gasteiger partial charge in [0.15, 0.2) is 0 Å². The van der Waals surface area contributed by atoms with Gasteiger partial charge in [0.2, 0.25) is 5.95 Å². The number of allylic oxidation sites excluding steroid dienone is 1. The van der Waals surface area contributed by atoms with E-state index in [0.717, 1.165) is 50.0 Å². The Hall–Kier alpha value is -4.37. The van der Waals surface area contributed by atoms with Gasteiger partial charge in [0.25, 0.3) is 0 Å². The number of piperidine rings is 1. The van der Waals surface area contributed by atoms with Crippen LogP contribution in [0.15, 0.2) is 58.5 Å². The summed E-state index contributed by atoms with van der Waals surface area (Å²) < 4.78 is 47.3. The van der Waals surface area contributed by atoms with Crippen LogP contribution in [-0.2, 0) is 22.3 Å². The number of rotatable bonds is 6. The normalized spacial score (nSPS) is 20.7. The SMILES string of the molecule is CCC1CC[NH+](Cc2cc(C#N)ccc2[C@@H]2C(C(=O)OC)=C(C)N(c3cccc(C(F)(F)F)c3)c3n[nH]c(=O)n32)CC1. The van der Waals surface area contributed by atoms with Crippen molar-refractivity contribution >= 4 is 17.6 Å². The van der Waals surface area contributed by atoms with Crippen LogP contribution in [0.25, 0.3) is 0 Å². The second-order valence-corrected chi connectivity index (χ2v) is 10.8. The third-order valence-corrected chi connectivity index (χ3v) is 8.38. The van der Waals surface area contributed by atoms with Crippen LogP contribution in [0.4, 0.5) is 24.8 Å². The number of hydrogen-bond donors (Lipinski definition) is 2. The lowest BCUT2D eigenvalue weighted by Gasteiger charge is -2.36. The molecule has 0 radical (unpaired) electrons. The van der Waals surface area contributed by atoms with Crippen LogP contribution in [0, 0.1) is 17.2 Å². The minimum absolute atomic E-state index is 0.0286. The Balaban J connectivity index is 1.68. The number of carbonyl (C=O) groups excluding carboxylic acids is 1. The number of aromatic nitrogens is 3. The first kappa shape index (κ1) is 29.1. The van der Waals surface area contributed by atoms with Gasteiger partial charge in [-0.1, -0.05) is 25.5 Å². The molecule has 0 spiro atoms. The molecule has 1 saturated heterocycles. The first-order valence-electron chi connectivity index (χ1n) is 13.9. The molecule has 42 heavy (non-hydrogen) atoms. The van der Waals surface area contributed by atoms with Crippen LogP contribution in [0.5, 0.6) is 0 Å². The van der Waals surface area contributed by atoms with E-state index in [4.69, 9.17) is 4.74 Å². The van der Waals surface area contributed by atoms with Crippen molar-refractivity contribution in [2.45, 2.75) is 51.9 Å². The van der Waals surface area contributed by atoms with Crippen LogP contribution in [0.2, 0.25) is 0 Å². The van der Waals surface area contributed by atoms with E-state index in [-0.39, 0.29) is 22.9 Å². The second-order valence-electron chi connectivity index (χ2n) is 10.8. The van der Waals surface area contributed by atoms with Gasteiger partial charge in [-0.15, -0.1) is 5.10 Å². The number of fused-ring (bicyclic) bond motifs is 1. The van der Waals surface area contributed by atoms with E-state index in [9.17, 15) is 28.0 Å². The summed E-state index contributed by atoms with van der Waals surface area (Å²) in [5, 5.41) is 16.3. The van der Waals surface area contributed by atoms with Crippen molar-refractivity contribution in [1.82, 2.24) is 14.8 Å². The minimum Gasteiger partial charge on any atom is -0.466 e. The zero-order valence-corrected chi connectivity index (χ0v) is 23.6. The number of carbonyl (C=O) groups is 1. The summed E-state index contributed by atoms with van der Waals surface area (Å²) in [7, 11) is 1.21. The molecular weight excluding hydrogens is 549 g/mol. The van der Waals surface area contributed by atoms with Gasteiger partial charge in [-0.2, -0.15) is 18.4 Å². The Morgan fingerprint density at radius 3 is 2.60 bits per heavy atom. The number of alkyl halides is 3. The molecule has 1 atom stereocenters. The maximum Gasteiger partial charge on any atom is 0.416 e. The molecule has 2 N–H and O–H groups in total. The number of quaternary nitrogens is 1. The number of likely N-dealkylation sites (tertiary alicyclic amines) is 1. The van der Waals surface area contributed by atoms with Crippen molar-refractivity contribution in [2.75, 3.05) is 25.1 Å². The van der Waals surface area contributed by atoms with Crippen LogP contribution in [0.1, 0.15) is 61.4 Å². The molecule has 0 amide bonds. The third kappa shape index (κ3) is 5.32. The molecule has 0 unspecified atom stereocenters. The zero-order chi connectivity index (χ0) is 30.2. The lowest BCUT2D eigenvalue weighted by molar-refractivity contribution is -0.919. The largest absolute Gasteiger partial charge is 0.466 e. The average Bonchev–Trinajstić information content (AvgIpc) is 3.36. The average molecular weight is 582 g/mol. The molecule has 0 aliphatic carbocycles. The van der Waals surface area contributed by atoms with E-state index in [2.05, 4.69) is 23.2 Å². The molecule has 0 saturated carbocycles.